The van der Waals surface area contributed by atoms with Gasteiger partial charge in [-0.25, -0.2) is 0 Å². The molecule has 2 heterocycles. The van der Waals surface area contributed by atoms with E-state index < -0.39 is 0 Å². The van der Waals surface area contributed by atoms with Crippen molar-refractivity contribution in [2.24, 2.45) is 4.99 Å². The van der Waals surface area contributed by atoms with Crippen molar-refractivity contribution < 1.29 is 0 Å². The molecule has 0 spiro atoms. The highest BCUT2D eigenvalue weighted by Gasteiger charge is 2.22. The van der Waals surface area contributed by atoms with E-state index in [1.165, 1.54) is 30.9 Å². The molecule has 2 fully saturated rings. The van der Waals surface area contributed by atoms with Crippen molar-refractivity contribution in [1.82, 2.24) is 20.4 Å². The summed E-state index contributed by atoms with van der Waals surface area (Å²) in [6, 6.07) is 1.14. The predicted molar refractivity (Wildman–Crippen MR) is 104 cm³/mol. The minimum Gasteiger partial charge on any atom is -0.355 e. The van der Waals surface area contributed by atoms with E-state index in [4.69, 9.17) is 0 Å². The summed E-state index contributed by atoms with van der Waals surface area (Å²) < 4.78 is 0. The van der Waals surface area contributed by atoms with Crippen molar-refractivity contribution in [2.45, 2.75) is 24.9 Å². The van der Waals surface area contributed by atoms with Crippen molar-refractivity contribution in [3.8, 4) is 0 Å². The van der Waals surface area contributed by atoms with Gasteiger partial charge in [-0.3, -0.25) is 9.89 Å². The minimum absolute atomic E-state index is 0. The molecule has 0 saturated carbocycles. The zero-order valence-electron chi connectivity index (χ0n) is 13.5. The van der Waals surface area contributed by atoms with Crippen LogP contribution in [0.3, 0.4) is 0 Å². The molecule has 0 aromatic carbocycles. The zero-order valence-corrected chi connectivity index (χ0v) is 16.6. The second-order valence-corrected chi connectivity index (χ2v) is 7.06. The summed E-state index contributed by atoms with van der Waals surface area (Å²) in [5.74, 6) is 3.47. The van der Waals surface area contributed by atoms with E-state index in [0.717, 1.165) is 25.6 Å². The smallest absolute Gasteiger partial charge is 0.191 e. The van der Waals surface area contributed by atoms with Gasteiger partial charge in [0.25, 0.3) is 0 Å². The van der Waals surface area contributed by atoms with E-state index in [2.05, 4.69) is 39.5 Å². The van der Waals surface area contributed by atoms with Gasteiger partial charge in [0, 0.05) is 51.1 Å². The van der Waals surface area contributed by atoms with Gasteiger partial charge in [0.1, 0.15) is 0 Å². The number of hydrogen-bond donors (Lipinski definition) is 2. The fourth-order valence-electron chi connectivity index (χ4n) is 2.78. The molecule has 2 rings (SSSR count). The topological polar surface area (TPSA) is 42.9 Å². The number of halogens is 1. The average molecular weight is 427 g/mol. The summed E-state index contributed by atoms with van der Waals surface area (Å²) in [4.78, 5) is 9.21. The van der Waals surface area contributed by atoms with E-state index in [1.807, 2.05) is 18.8 Å². The maximum atomic E-state index is 4.36. The molecule has 124 valence electrons. The lowest BCUT2D eigenvalue weighted by Gasteiger charge is -2.38. The Labute approximate surface area is 150 Å². The van der Waals surface area contributed by atoms with Gasteiger partial charge >= 0.3 is 0 Å². The van der Waals surface area contributed by atoms with Gasteiger partial charge in [-0.15, -0.1) is 24.0 Å². The molecule has 21 heavy (non-hydrogen) atoms. The second kappa shape index (κ2) is 10.1. The number of aliphatic imine (C=N–C) groups is 1. The number of rotatable bonds is 3. The van der Waals surface area contributed by atoms with Crippen LogP contribution < -0.4 is 10.6 Å². The average Bonchev–Trinajstić information content (AvgIpc) is 2.47. The first-order chi connectivity index (χ1) is 9.69. The molecule has 2 atom stereocenters. The third-order valence-electron chi connectivity index (χ3n) is 4.21. The molecule has 0 aromatic rings. The Kier molecular flexibility index (Phi) is 9.31. The summed E-state index contributed by atoms with van der Waals surface area (Å²) in [6.45, 7) is 4.40. The largest absolute Gasteiger partial charge is 0.355 e. The molecular formula is C14H30IN5S. The first-order valence-electron chi connectivity index (χ1n) is 7.62. The van der Waals surface area contributed by atoms with Gasteiger partial charge in [0.2, 0.25) is 0 Å². The number of piperazine rings is 1. The van der Waals surface area contributed by atoms with Crippen LogP contribution in [0.15, 0.2) is 4.99 Å². The first-order valence-corrected chi connectivity index (χ1v) is 8.78. The molecule has 7 heteroatoms. The molecule has 0 aliphatic carbocycles. The highest BCUT2D eigenvalue weighted by Crippen LogP contribution is 2.16. The molecule has 2 aliphatic rings. The van der Waals surface area contributed by atoms with Crippen molar-refractivity contribution >= 4 is 41.7 Å². The summed E-state index contributed by atoms with van der Waals surface area (Å²) >= 11 is 2.04. The van der Waals surface area contributed by atoms with E-state index in [0.29, 0.717) is 12.1 Å². The van der Waals surface area contributed by atoms with E-state index >= 15 is 0 Å². The Hall–Kier alpha value is 0.270. The van der Waals surface area contributed by atoms with Crippen LogP contribution in [0.25, 0.3) is 0 Å². The quantitative estimate of drug-likeness (QED) is 0.398. The van der Waals surface area contributed by atoms with Crippen LogP contribution in [0.1, 0.15) is 12.8 Å². The van der Waals surface area contributed by atoms with Crippen molar-refractivity contribution in [1.29, 1.82) is 0 Å². The van der Waals surface area contributed by atoms with Gasteiger partial charge in [0.05, 0.1) is 0 Å². The first kappa shape index (κ1) is 19.3. The molecular weight excluding hydrogens is 397 g/mol. The highest BCUT2D eigenvalue weighted by atomic mass is 127. The molecule has 0 bridgehead atoms. The maximum absolute atomic E-state index is 4.36. The molecule has 2 aliphatic heterocycles. The van der Waals surface area contributed by atoms with Gasteiger partial charge in [-0.05, 0) is 32.7 Å². The fourth-order valence-corrected chi connectivity index (χ4v) is 3.85. The Bertz CT molecular complexity index is 322. The lowest BCUT2D eigenvalue weighted by Crippen LogP contribution is -2.56. The molecule has 2 unspecified atom stereocenters. The van der Waals surface area contributed by atoms with Gasteiger partial charge in [-0.1, -0.05) is 0 Å². The summed E-state index contributed by atoms with van der Waals surface area (Å²) in [5.41, 5.74) is 0. The monoisotopic (exact) mass is 427 g/mol. The Balaban J connectivity index is 0.00000220. The summed E-state index contributed by atoms with van der Waals surface area (Å²) in [7, 11) is 6.28. The number of guanidine groups is 1. The van der Waals surface area contributed by atoms with Crippen molar-refractivity contribution in [3.05, 3.63) is 0 Å². The highest BCUT2D eigenvalue weighted by molar-refractivity contribution is 14.0. The Morgan fingerprint density at radius 3 is 2.81 bits per heavy atom. The third kappa shape index (κ3) is 6.50. The Morgan fingerprint density at radius 2 is 2.14 bits per heavy atom. The molecule has 2 N–H and O–H groups in total. The van der Waals surface area contributed by atoms with Crippen LogP contribution in [-0.2, 0) is 0 Å². The van der Waals surface area contributed by atoms with Gasteiger partial charge in [0.15, 0.2) is 5.96 Å². The number of hydrogen-bond acceptors (Lipinski definition) is 4. The predicted octanol–water partition coefficient (Wildman–Crippen LogP) is 0.911. The van der Waals surface area contributed by atoms with Crippen LogP contribution in [0.2, 0.25) is 0 Å². The summed E-state index contributed by atoms with van der Waals surface area (Å²) in [6.07, 6.45) is 2.58. The summed E-state index contributed by atoms with van der Waals surface area (Å²) in [5, 5.41) is 7.06. The lowest BCUT2D eigenvalue weighted by atomic mass is 10.2. The zero-order chi connectivity index (χ0) is 14.4. The van der Waals surface area contributed by atoms with E-state index in [9.17, 15) is 0 Å². The van der Waals surface area contributed by atoms with E-state index in [1.54, 1.807) is 0 Å². The van der Waals surface area contributed by atoms with Crippen LogP contribution >= 0.6 is 35.7 Å². The Morgan fingerprint density at radius 1 is 1.33 bits per heavy atom. The molecule has 0 radical (unpaired) electrons. The lowest BCUT2D eigenvalue weighted by molar-refractivity contribution is 0.116. The SMILES string of the molecule is CN=C(NCC1CN(C)CCN1C)NC1CCCSC1.I. The standard InChI is InChI=1S/C14H29N5S.HI/c1-15-14(17-12-5-4-8-20-11-12)16-9-13-10-18(2)6-7-19(13)3;/h12-13H,4-11H2,1-3H3,(H2,15,16,17);1H. The van der Waals surface area contributed by atoms with Crippen LogP contribution in [0, 0.1) is 0 Å². The maximum Gasteiger partial charge on any atom is 0.191 e. The second-order valence-electron chi connectivity index (χ2n) is 5.91. The number of likely N-dealkylation sites (N-methyl/N-ethyl adjacent to an activating group) is 2. The van der Waals surface area contributed by atoms with E-state index in [-0.39, 0.29) is 24.0 Å². The number of nitrogens with one attached hydrogen (secondary N) is 2. The van der Waals surface area contributed by atoms with Crippen molar-refractivity contribution in [2.75, 3.05) is 58.8 Å². The number of nitrogens with zero attached hydrogens (tertiary/aromatic N) is 3. The van der Waals surface area contributed by atoms with Crippen molar-refractivity contribution in [3.63, 3.8) is 0 Å². The van der Waals surface area contributed by atoms with Crippen LogP contribution in [0.4, 0.5) is 0 Å². The third-order valence-corrected chi connectivity index (χ3v) is 5.43. The van der Waals surface area contributed by atoms with Gasteiger partial charge < -0.3 is 15.5 Å². The normalized spacial score (nSPS) is 28.8. The van der Waals surface area contributed by atoms with Crippen LogP contribution in [0.5, 0.6) is 0 Å². The molecule has 2 saturated heterocycles. The molecule has 0 aromatic heterocycles. The fraction of sp³-hybridized carbons (Fsp3) is 0.929. The van der Waals surface area contributed by atoms with Gasteiger partial charge in [-0.2, -0.15) is 11.8 Å². The minimum atomic E-state index is 0. The molecule has 5 nitrogen and oxygen atoms in total. The van der Waals surface area contributed by atoms with Crippen LogP contribution in [-0.4, -0.2) is 86.7 Å². The molecule has 0 amide bonds. The number of thioether (sulfide) groups is 1.